The second kappa shape index (κ2) is 6.80. The number of carbonyl (C=O) groups is 1. The molecule has 1 fully saturated rings. The molecule has 3 rings (SSSR count). The number of nitrogens with zero attached hydrogens (tertiary/aromatic N) is 3. The van der Waals surface area contributed by atoms with Crippen LogP contribution in [-0.2, 0) is 10.3 Å². The Kier molecular flexibility index (Phi) is 4.94. The summed E-state index contributed by atoms with van der Waals surface area (Å²) in [5.41, 5.74) is 6.13. The van der Waals surface area contributed by atoms with Crippen molar-refractivity contribution in [3.8, 4) is 0 Å². The summed E-state index contributed by atoms with van der Waals surface area (Å²) < 4.78 is 5.38. The number of rotatable bonds is 3. The fourth-order valence-electron chi connectivity index (χ4n) is 2.98. The molecular formula is C19H26ClN5O2. The van der Waals surface area contributed by atoms with Gasteiger partial charge in [0.1, 0.15) is 16.6 Å². The van der Waals surface area contributed by atoms with E-state index in [1.807, 2.05) is 40.7 Å². The van der Waals surface area contributed by atoms with Crippen molar-refractivity contribution in [1.29, 1.82) is 0 Å². The summed E-state index contributed by atoms with van der Waals surface area (Å²) >= 11 is 6.09. The maximum absolute atomic E-state index is 12.1. The summed E-state index contributed by atoms with van der Waals surface area (Å²) in [4.78, 5) is 22.5. The average molecular weight is 392 g/mol. The smallest absolute Gasteiger partial charge is 0.410 e. The van der Waals surface area contributed by atoms with Gasteiger partial charge in [-0.15, -0.1) is 0 Å². The number of halogens is 1. The van der Waals surface area contributed by atoms with Gasteiger partial charge < -0.3 is 20.7 Å². The Morgan fingerprint density at radius 1 is 1.22 bits per heavy atom. The lowest BCUT2D eigenvalue weighted by Crippen LogP contribution is -2.58. The van der Waals surface area contributed by atoms with Crippen molar-refractivity contribution in [2.45, 2.75) is 51.8 Å². The van der Waals surface area contributed by atoms with Gasteiger partial charge in [-0.05, 0) is 51.6 Å². The van der Waals surface area contributed by atoms with E-state index >= 15 is 0 Å². The Hall–Kier alpha value is -2.12. The minimum absolute atomic E-state index is 0.0978. The average Bonchev–Trinajstić information content (AvgIpc) is 2.46. The second-order valence-electron chi connectivity index (χ2n) is 8.52. The van der Waals surface area contributed by atoms with E-state index in [2.05, 4.69) is 15.3 Å². The highest BCUT2D eigenvalue weighted by atomic mass is 35.5. The fraction of sp³-hybridized carbons (Fsp3) is 0.526. The number of nitrogens with one attached hydrogen (secondary N) is 1. The van der Waals surface area contributed by atoms with Crippen molar-refractivity contribution in [3.63, 3.8) is 0 Å². The lowest BCUT2D eigenvalue weighted by molar-refractivity contribution is 0.0105. The minimum atomic E-state index is -0.557. The number of hydrogen-bond acceptors (Lipinski definition) is 6. The largest absolute Gasteiger partial charge is 0.444 e. The first-order valence-electron chi connectivity index (χ1n) is 8.92. The van der Waals surface area contributed by atoms with Gasteiger partial charge in [0.25, 0.3) is 0 Å². The van der Waals surface area contributed by atoms with Gasteiger partial charge in [-0.1, -0.05) is 11.6 Å². The summed E-state index contributed by atoms with van der Waals surface area (Å²) in [6.45, 7) is 10.5. The van der Waals surface area contributed by atoms with Crippen molar-refractivity contribution in [1.82, 2.24) is 14.9 Å². The Morgan fingerprint density at radius 3 is 2.48 bits per heavy atom. The van der Waals surface area contributed by atoms with Gasteiger partial charge in [-0.3, -0.25) is 0 Å². The number of likely N-dealkylation sites (tertiary alicyclic amines) is 1. The molecule has 0 spiro atoms. The van der Waals surface area contributed by atoms with E-state index in [1.165, 1.54) is 0 Å². The van der Waals surface area contributed by atoms with Crippen LogP contribution in [0.3, 0.4) is 0 Å². The Labute approximate surface area is 164 Å². The van der Waals surface area contributed by atoms with Gasteiger partial charge in [0, 0.05) is 36.4 Å². The zero-order chi connectivity index (χ0) is 20.0. The molecule has 0 radical (unpaired) electrons. The Morgan fingerprint density at radius 2 is 1.89 bits per heavy atom. The van der Waals surface area contributed by atoms with Crippen LogP contribution in [0, 0.1) is 0 Å². The summed E-state index contributed by atoms with van der Waals surface area (Å²) in [5.74, 6) is 0.705. The van der Waals surface area contributed by atoms with Gasteiger partial charge in [-0.25, -0.2) is 14.8 Å². The fourth-order valence-corrected chi connectivity index (χ4v) is 3.13. The molecule has 146 valence electrons. The number of hydrogen-bond donors (Lipinski definition) is 2. The normalized spacial score (nSPS) is 15.6. The van der Waals surface area contributed by atoms with Crippen molar-refractivity contribution in [2.75, 3.05) is 18.4 Å². The van der Waals surface area contributed by atoms with Gasteiger partial charge in [0.05, 0.1) is 6.04 Å². The number of nitrogens with two attached hydrogens (primary N) is 1. The Bertz CT molecular complexity index is 867. The predicted octanol–water partition coefficient (Wildman–Crippen LogP) is 3.51. The first-order chi connectivity index (χ1) is 12.4. The van der Waals surface area contributed by atoms with E-state index in [1.54, 1.807) is 17.3 Å². The maximum Gasteiger partial charge on any atom is 0.410 e. The lowest BCUT2D eigenvalue weighted by Gasteiger charge is -2.40. The number of ether oxygens (including phenoxy) is 1. The molecule has 1 aliphatic heterocycles. The van der Waals surface area contributed by atoms with E-state index in [0.717, 1.165) is 16.3 Å². The monoisotopic (exact) mass is 391 g/mol. The standard InChI is InChI=1S/C19H26ClN5O2/c1-18(2,3)27-17(26)25-9-11(10-25)24-16-13-7-22-15(20)6-12(13)14(8-23-16)19(4,5)21/h6-8,11H,9-10,21H2,1-5H3,(H,23,24). The second-order valence-corrected chi connectivity index (χ2v) is 8.91. The third kappa shape index (κ3) is 4.42. The van der Waals surface area contributed by atoms with Crippen molar-refractivity contribution in [3.05, 3.63) is 29.2 Å². The highest BCUT2D eigenvalue weighted by Gasteiger charge is 2.34. The summed E-state index contributed by atoms with van der Waals surface area (Å²) in [6, 6.07) is 1.90. The van der Waals surface area contributed by atoms with E-state index in [0.29, 0.717) is 24.1 Å². The number of anilines is 1. The number of carbonyl (C=O) groups excluding carboxylic acids is 1. The first kappa shape index (κ1) is 19.6. The molecule has 1 aliphatic rings. The van der Waals surface area contributed by atoms with Gasteiger partial charge in [0.2, 0.25) is 0 Å². The maximum atomic E-state index is 12.1. The molecule has 2 aromatic heterocycles. The molecule has 0 unspecified atom stereocenters. The molecule has 7 nitrogen and oxygen atoms in total. The molecule has 0 aliphatic carbocycles. The van der Waals surface area contributed by atoms with Crippen LogP contribution in [0.15, 0.2) is 18.5 Å². The molecule has 2 aromatic rings. The molecule has 8 heteroatoms. The summed E-state index contributed by atoms with van der Waals surface area (Å²) in [7, 11) is 0. The number of amides is 1. The van der Waals surface area contributed by atoms with Crippen LogP contribution in [0.25, 0.3) is 10.8 Å². The van der Waals surface area contributed by atoms with Crippen LogP contribution in [0.4, 0.5) is 10.6 Å². The molecule has 1 amide bonds. The zero-order valence-corrected chi connectivity index (χ0v) is 17.1. The van der Waals surface area contributed by atoms with Gasteiger partial charge in [-0.2, -0.15) is 0 Å². The first-order valence-corrected chi connectivity index (χ1v) is 9.30. The molecule has 1 saturated heterocycles. The van der Waals surface area contributed by atoms with Gasteiger partial charge >= 0.3 is 6.09 Å². The quantitative estimate of drug-likeness (QED) is 0.777. The van der Waals surface area contributed by atoms with E-state index < -0.39 is 11.1 Å². The molecule has 27 heavy (non-hydrogen) atoms. The molecule has 0 atom stereocenters. The van der Waals surface area contributed by atoms with Crippen molar-refractivity contribution >= 4 is 34.3 Å². The van der Waals surface area contributed by atoms with Crippen LogP contribution in [-0.4, -0.2) is 45.7 Å². The van der Waals surface area contributed by atoms with Gasteiger partial charge in [0.15, 0.2) is 0 Å². The van der Waals surface area contributed by atoms with Crippen LogP contribution in [0.5, 0.6) is 0 Å². The Balaban J connectivity index is 1.77. The molecule has 0 bridgehead atoms. The van der Waals surface area contributed by atoms with Crippen LogP contribution >= 0.6 is 11.6 Å². The van der Waals surface area contributed by atoms with Crippen LogP contribution in [0.2, 0.25) is 5.15 Å². The highest BCUT2D eigenvalue weighted by Crippen LogP contribution is 2.32. The highest BCUT2D eigenvalue weighted by molar-refractivity contribution is 6.30. The molecule has 3 heterocycles. The number of aromatic nitrogens is 2. The van der Waals surface area contributed by atoms with E-state index in [9.17, 15) is 4.79 Å². The third-order valence-electron chi connectivity index (χ3n) is 4.31. The van der Waals surface area contributed by atoms with Crippen molar-refractivity contribution < 1.29 is 9.53 Å². The number of pyridine rings is 2. The molecular weight excluding hydrogens is 366 g/mol. The number of fused-ring (bicyclic) bond motifs is 1. The minimum Gasteiger partial charge on any atom is -0.444 e. The third-order valence-corrected chi connectivity index (χ3v) is 4.51. The summed E-state index contributed by atoms with van der Waals surface area (Å²) in [6.07, 6.45) is 3.17. The molecule has 0 saturated carbocycles. The molecule has 0 aromatic carbocycles. The molecule has 3 N–H and O–H groups in total. The predicted molar refractivity (Wildman–Crippen MR) is 107 cm³/mol. The zero-order valence-electron chi connectivity index (χ0n) is 16.3. The van der Waals surface area contributed by atoms with Crippen molar-refractivity contribution in [2.24, 2.45) is 5.73 Å². The summed E-state index contributed by atoms with van der Waals surface area (Å²) in [5, 5.41) is 5.56. The van der Waals surface area contributed by atoms with E-state index in [4.69, 9.17) is 22.1 Å². The van der Waals surface area contributed by atoms with E-state index in [-0.39, 0.29) is 12.1 Å². The topological polar surface area (TPSA) is 93.4 Å². The van der Waals surface area contributed by atoms with Crippen LogP contribution < -0.4 is 11.1 Å². The lowest BCUT2D eigenvalue weighted by atomic mass is 9.93. The van der Waals surface area contributed by atoms with Crippen LogP contribution in [0.1, 0.15) is 40.2 Å². The SMILES string of the molecule is CC(C)(C)OC(=O)N1CC(Nc2ncc(C(C)(C)N)c3cc(Cl)ncc23)C1.